The third kappa shape index (κ3) is 2.32. The molecule has 0 bridgehead atoms. The lowest BCUT2D eigenvalue weighted by Crippen LogP contribution is -2.14. The number of carboxylic acids is 1. The number of hydrogen-bond donors (Lipinski definition) is 1. The van der Waals surface area contributed by atoms with Crippen LogP contribution in [0.1, 0.15) is 16.1 Å². The van der Waals surface area contributed by atoms with Gasteiger partial charge in [0.1, 0.15) is 5.56 Å². The minimum Gasteiger partial charge on any atom is -0.478 e. The molecule has 0 unspecified atom stereocenters. The van der Waals surface area contributed by atoms with Crippen molar-refractivity contribution < 1.29 is 9.90 Å². The maximum Gasteiger partial charge on any atom is 0.339 e. The molecule has 0 amide bonds. The van der Waals surface area contributed by atoms with Crippen molar-refractivity contribution >= 4 is 17.3 Å². The van der Waals surface area contributed by atoms with E-state index in [-0.39, 0.29) is 5.56 Å². The molecular formula is C14H14N2O2. The van der Waals surface area contributed by atoms with Crippen LogP contribution in [0, 0.1) is 6.92 Å². The van der Waals surface area contributed by atoms with E-state index >= 15 is 0 Å². The van der Waals surface area contributed by atoms with Gasteiger partial charge in [-0.15, -0.1) is 0 Å². The summed E-state index contributed by atoms with van der Waals surface area (Å²) in [5.41, 5.74) is 2.57. The van der Waals surface area contributed by atoms with Gasteiger partial charge in [-0.1, -0.05) is 18.2 Å². The molecular weight excluding hydrogens is 228 g/mol. The summed E-state index contributed by atoms with van der Waals surface area (Å²) < 4.78 is 0. The SMILES string of the molecule is Cc1cc(N(C)c2ccccc2)c(C(=O)O)cn1. The van der Waals surface area contributed by atoms with Crippen molar-refractivity contribution in [1.82, 2.24) is 4.98 Å². The Bertz CT molecular complexity index is 567. The van der Waals surface area contributed by atoms with Gasteiger partial charge in [0.05, 0.1) is 5.69 Å². The van der Waals surface area contributed by atoms with Gasteiger partial charge in [0.25, 0.3) is 0 Å². The number of rotatable bonds is 3. The van der Waals surface area contributed by atoms with Crippen LogP contribution in [-0.4, -0.2) is 23.1 Å². The number of carboxylic acid groups (broad SMARTS) is 1. The standard InChI is InChI=1S/C14H14N2O2/c1-10-8-13(12(9-15-10)14(17)18)16(2)11-6-4-3-5-7-11/h3-9H,1-2H3,(H,17,18). The summed E-state index contributed by atoms with van der Waals surface area (Å²) in [4.78, 5) is 17.1. The number of nitrogens with zero attached hydrogens (tertiary/aromatic N) is 2. The van der Waals surface area contributed by atoms with Crippen LogP contribution in [0.25, 0.3) is 0 Å². The molecule has 0 radical (unpaired) electrons. The second-order valence-electron chi connectivity index (χ2n) is 4.04. The predicted molar refractivity (Wildman–Crippen MR) is 70.4 cm³/mol. The zero-order chi connectivity index (χ0) is 13.1. The second-order valence-corrected chi connectivity index (χ2v) is 4.04. The molecule has 0 aliphatic carbocycles. The lowest BCUT2D eigenvalue weighted by Gasteiger charge is -2.21. The Morgan fingerprint density at radius 3 is 2.56 bits per heavy atom. The van der Waals surface area contributed by atoms with Gasteiger partial charge >= 0.3 is 5.97 Å². The molecule has 92 valence electrons. The summed E-state index contributed by atoms with van der Waals surface area (Å²) in [7, 11) is 1.84. The molecule has 0 saturated carbocycles. The van der Waals surface area contributed by atoms with Crippen LogP contribution >= 0.6 is 0 Å². The summed E-state index contributed by atoms with van der Waals surface area (Å²) in [6, 6.07) is 11.4. The molecule has 1 N–H and O–H groups in total. The van der Waals surface area contributed by atoms with E-state index in [1.165, 1.54) is 6.20 Å². The lowest BCUT2D eigenvalue weighted by atomic mass is 10.1. The highest BCUT2D eigenvalue weighted by Gasteiger charge is 2.15. The fraction of sp³-hybridized carbons (Fsp3) is 0.143. The van der Waals surface area contributed by atoms with E-state index in [0.717, 1.165) is 11.4 Å². The maximum atomic E-state index is 11.2. The second kappa shape index (κ2) is 4.87. The molecule has 4 heteroatoms. The molecule has 0 aliphatic rings. The average Bonchev–Trinajstić information content (AvgIpc) is 2.38. The van der Waals surface area contributed by atoms with Crippen LogP contribution in [0.3, 0.4) is 0 Å². The van der Waals surface area contributed by atoms with Crippen molar-refractivity contribution in [2.24, 2.45) is 0 Å². The molecule has 2 aromatic rings. The number of aromatic nitrogens is 1. The lowest BCUT2D eigenvalue weighted by molar-refractivity contribution is 0.0697. The van der Waals surface area contributed by atoms with Gasteiger partial charge < -0.3 is 10.0 Å². The average molecular weight is 242 g/mol. The van der Waals surface area contributed by atoms with Crippen LogP contribution in [0.5, 0.6) is 0 Å². The molecule has 0 atom stereocenters. The first-order valence-electron chi connectivity index (χ1n) is 5.58. The first-order valence-corrected chi connectivity index (χ1v) is 5.58. The van der Waals surface area contributed by atoms with Gasteiger partial charge in [0, 0.05) is 24.6 Å². The Morgan fingerprint density at radius 1 is 1.28 bits per heavy atom. The number of aromatic carboxylic acids is 1. The number of carbonyl (C=O) groups is 1. The number of anilines is 2. The van der Waals surface area contributed by atoms with Gasteiger partial charge in [-0.05, 0) is 25.1 Å². The Hall–Kier alpha value is -2.36. The van der Waals surface area contributed by atoms with Crippen molar-refractivity contribution in [2.45, 2.75) is 6.92 Å². The van der Waals surface area contributed by atoms with Crippen molar-refractivity contribution in [2.75, 3.05) is 11.9 Å². The van der Waals surface area contributed by atoms with Crippen LogP contribution in [0.15, 0.2) is 42.6 Å². The molecule has 4 nitrogen and oxygen atoms in total. The topological polar surface area (TPSA) is 53.4 Å². The highest BCUT2D eigenvalue weighted by Crippen LogP contribution is 2.27. The highest BCUT2D eigenvalue weighted by molar-refractivity contribution is 5.95. The Balaban J connectivity index is 2.50. The van der Waals surface area contributed by atoms with Crippen molar-refractivity contribution in [1.29, 1.82) is 0 Å². The normalized spacial score (nSPS) is 10.1. The third-order valence-electron chi connectivity index (χ3n) is 2.75. The fourth-order valence-corrected chi connectivity index (χ4v) is 1.78. The highest BCUT2D eigenvalue weighted by atomic mass is 16.4. The van der Waals surface area contributed by atoms with Crippen LogP contribution in [0.2, 0.25) is 0 Å². The van der Waals surface area contributed by atoms with Crippen LogP contribution in [0.4, 0.5) is 11.4 Å². The first-order chi connectivity index (χ1) is 8.59. The van der Waals surface area contributed by atoms with E-state index in [9.17, 15) is 9.90 Å². The Morgan fingerprint density at radius 2 is 1.94 bits per heavy atom. The molecule has 0 aliphatic heterocycles. The molecule has 0 saturated heterocycles. The molecule has 1 heterocycles. The van der Waals surface area contributed by atoms with E-state index in [1.54, 1.807) is 6.07 Å². The number of para-hydroxylation sites is 1. The monoisotopic (exact) mass is 242 g/mol. The number of benzene rings is 1. The van der Waals surface area contributed by atoms with Gasteiger partial charge in [0.2, 0.25) is 0 Å². The quantitative estimate of drug-likeness (QED) is 0.899. The zero-order valence-electron chi connectivity index (χ0n) is 10.3. The van der Waals surface area contributed by atoms with Crippen LogP contribution < -0.4 is 4.90 Å². The fourth-order valence-electron chi connectivity index (χ4n) is 1.78. The maximum absolute atomic E-state index is 11.2. The van der Waals surface area contributed by atoms with Crippen molar-refractivity contribution in [3.8, 4) is 0 Å². The van der Waals surface area contributed by atoms with Crippen molar-refractivity contribution in [3.63, 3.8) is 0 Å². The van der Waals surface area contributed by atoms with Gasteiger partial charge in [0.15, 0.2) is 0 Å². The smallest absolute Gasteiger partial charge is 0.339 e. The molecule has 0 spiro atoms. The van der Waals surface area contributed by atoms with Gasteiger partial charge in [-0.25, -0.2) is 4.79 Å². The van der Waals surface area contributed by atoms with Gasteiger partial charge in [-0.3, -0.25) is 4.98 Å². The Labute approximate surface area is 106 Å². The summed E-state index contributed by atoms with van der Waals surface area (Å²) in [6.07, 6.45) is 1.40. The third-order valence-corrected chi connectivity index (χ3v) is 2.75. The van der Waals surface area contributed by atoms with E-state index in [2.05, 4.69) is 4.98 Å². The molecule has 2 rings (SSSR count). The van der Waals surface area contributed by atoms with Crippen LogP contribution in [-0.2, 0) is 0 Å². The first kappa shape index (κ1) is 12.1. The zero-order valence-corrected chi connectivity index (χ0v) is 10.3. The summed E-state index contributed by atoms with van der Waals surface area (Å²) >= 11 is 0. The number of hydrogen-bond acceptors (Lipinski definition) is 3. The summed E-state index contributed by atoms with van der Waals surface area (Å²) in [6.45, 7) is 1.84. The molecule has 0 fully saturated rings. The van der Waals surface area contributed by atoms with E-state index in [0.29, 0.717) is 5.69 Å². The summed E-state index contributed by atoms with van der Waals surface area (Å²) in [5, 5.41) is 9.19. The minimum absolute atomic E-state index is 0.201. The van der Waals surface area contributed by atoms with Crippen molar-refractivity contribution in [3.05, 3.63) is 53.9 Å². The number of pyridine rings is 1. The minimum atomic E-state index is -0.972. The van der Waals surface area contributed by atoms with E-state index in [1.807, 2.05) is 49.2 Å². The molecule has 1 aromatic heterocycles. The molecule has 18 heavy (non-hydrogen) atoms. The number of aryl methyl sites for hydroxylation is 1. The van der Waals surface area contributed by atoms with Gasteiger partial charge in [-0.2, -0.15) is 0 Å². The Kier molecular flexibility index (Phi) is 3.28. The predicted octanol–water partition coefficient (Wildman–Crippen LogP) is 2.86. The summed E-state index contributed by atoms with van der Waals surface area (Å²) in [5.74, 6) is -0.972. The largest absolute Gasteiger partial charge is 0.478 e. The molecule has 1 aromatic carbocycles. The van der Waals surface area contributed by atoms with E-state index < -0.39 is 5.97 Å². The van der Waals surface area contributed by atoms with E-state index in [4.69, 9.17) is 0 Å².